The highest BCUT2D eigenvalue weighted by Crippen LogP contribution is 2.41. The van der Waals surface area contributed by atoms with Crippen molar-refractivity contribution in [3.63, 3.8) is 0 Å². The fraction of sp³-hybridized carbons (Fsp3) is 0.417. The summed E-state index contributed by atoms with van der Waals surface area (Å²) in [6, 6.07) is -0.104. The number of hydrogen-bond acceptors (Lipinski definition) is 2. The maximum Gasteiger partial charge on any atom is 0.419 e. The number of hydrogen-bond donors (Lipinski definition) is 2. The summed E-state index contributed by atoms with van der Waals surface area (Å²) in [5, 5.41) is 9.11. The lowest BCUT2D eigenvalue weighted by Crippen LogP contribution is -2.44. The summed E-state index contributed by atoms with van der Waals surface area (Å²) in [6.45, 7) is 1.54. The van der Waals surface area contributed by atoms with Crippen LogP contribution in [0.3, 0.4) is 0 Å². The van der Waals surface area contributed by atoms with Gasteiger partial charge in [-0.15, -0.1) is 0 Å². The van der Waals surface area contributed by atoms with Gasteiger partial charge < -0.3 is 10.8 Å². The molecule has 0 fully saturated rings. The van der Waals surface area contributed by atoms with E-state index in [2.05, 4.69) is 0 Å². The number of fused-ring (bicyclic) bond motifs is 1. The van der Waals surface area contributed by atoms with E-state index in [0.717, 1.165) is 4.90 Å². The Kier molecular flexibility index (Phi) is 3.37. The Bertz CT molecular complexity index is 559. The molecule has 1 aromatic carbocycles. The number of rotatable bonds is 0. The Morgan fingerprint density at radius 2 is 2.05 bits per heavy atom. The Hall–Kier alpha value is -1.83. The first-order chi connectivity index (χ1) is 9.12. The van der Waals surface area contributed by atoms with Crippen LogP contribution in [0.1, 0.15) is 30.5 Å². The molecule has 0 aliphatic carbocycles. The van der Waals surface area contributed by atoms with Crippen LogP contribution in [0.25, 0.3) is 0 Å². The number of alkyl halides is 3. The average molecular weight is 292 g/mol. The molecule has 1 heterocycles. The average Bonchev–Trinajstić information content (AvgIpc) is 2.27. The molecule has 0 aromatic heterocycles. The molecule has 20 heavy (non-hydrogen) atoms. The first-order valence-electron chi connectivity index (χ1n) is 5.81. The largest absolute Gasteiger partial charge is 0.465 e. The molecular weight excluding hydrogens is 280 g/mol. The van der Waals surface area contributed by atoms with E-state index in [9.17, 15) is 22.4 Å². The molecule has 0 radical (unpaired) electrons. The Morgan fingerprint density at radius 1 is 1.45 bits per heavy atom. The number of carboxylic acid groups (broad SMARTS) is 1. The third-order valence-corrected chi connectivity index (χ3v) is 3.32. The molecule has 0 spiro atoms. The molecule has 1 aliphatic heterocycles. The van der Waals surface area contributed by atoms with Gasteiger partial charge in [0.15, 0.2) is 0 Å². The van der Waals surface area contributed by atoms with Gasteiger partial charge >= 0.3 is 12.3 Å². The molecule has 0 saturated carbocycles. The third kappa shape index (κ3) is 2.31. The van der Waals surface area contributed by atoms with Crippen molar-refractivity contribution in [1.29, 1.82) is 0 Å². The lowest BCUT2D eigenvalue weighted by Gasteiger charge is -2.36. The monoisotopic (exact) mass is 292 g/mol. The molecule has 0 unspecified atom stereocenters. The van der Waals surface area contributed by atoms with Crippen LogP contribution in [0.5, 0.6) is 0 Å². The Balaban J connectivity index is 2.67. The van der Waals surface area contributed by atoms with Gasteiger partial charge in [0.1, 0.15) is 5.82 Å². The molecule has 1 amide bonds. The van der Waals surface area contributed by atoms with E-state index in [1.807, 2.05) is 0 Å². The van der Waals surface area contributed by atoms with E-state index in [1.165, 1.54) is 6.92 Å². The van der Waals surface area contributed by atoms with Crippen LogP contribution >= 0.6 is 0 Å². The minimum absolute atomic E-state index is 0.0657. The molecule has 2 atom stereocenters. The van der Waals surface area contributed by atoms with Crippen LogP contribution in [-0.2, 0) is 6.18 Å². The second-order valence-corrected chi connectivity index (χ2v) is 4.73. The van der Waals surface area contributed by atoms with Crippen molar-refractivity contribution in [3.8, 4) is 0 Å². The summed E-state index contributed by atoms with van der Waals surface area (Å²) >= 11 is 0. The summed E-state index contributed by atoms with van der Waals surface area (Å²) < 4.78 is 51.6. The zero-order chi connectivity index (χ0) is 15.2. The zero-order valence-electron chi connectivity index (χ0n) is 10.4. The summed E-state index contributed by atoms with van der Waals surface area (Å²) in [5.74, 6) is -1.45. The lowest BCUT2D eigenvalue weighted by molar-refractivity contribution is -0.140. The topological polar surface area (TPSA) is 66.6 Å². The number of amides is 1. The molecular formula is C12H12F4N2O2. The van der Waals surface area contributed by atoms with E-state index in [0.29, 0.717) is 12.1 Å². The number of anilines is 1. The number of carbonyl (C=O) groups is 1. The maximum absolute atomic E-state index is 13.5. The molecule has 2 rings (SSSR count). The van der Waals surface area contributed by atoms with Crippen LogP contribution < -0.4 is 10.6 Å². The van der Waals surface area contributed by atoms with Gasteiger partial charge in [0.2, 0.25) is 0 Å². The van der Waals surface area contributed by atoms with Crippen molar-refractivity contribution in [2.45, 2.75) is 31.6 Å². The third-order valence-electron chi connectivity index (χ3n) is 3.32. The van der Waals surface area contributed by atoms with Crippen LogP contribution in [0.2, 0.25) is 0 Å². The maximum atomic E-state index is 13.5. The fourth-order valence-electron chi connectivity index (χ4n) is 2.43. The smallest absolute Gasteiger partial charge is 0.419 e. The molecule has 1 aliphatic rings. The highest BCUT2D eigenvalue weighted by atomic mass is 19.4. The predicted molar refractivity (Wildman–Crippen MR) is 62.9 cm³/mol. The first-order valence-corrected chi connectivity index (χ1v) is 5.81. The number of nitrogens with zero attached hydrogens (tertiary/aromatic N) is 1. The van der Waals surface area contributed by atoms with Crippen molar-refractivity contribution in [3.05, 3.63) is 29.1 Å². The van der Waals surface area contributed by atoms with Gasteiger partial charge in [0.05, 0.1) is 11.3 Å². The number of nitrogens with two attached hydrogens (primary N) is 1. The fourth-order valence-corrected chi connectivity index (χ4v) is 2.43. The van der Waals surface area contributed by atoms with Crippen LogP contribution in [-0.4, -0.2) is 17.2 Å². The molecule has 8 heteroatoms. The van der Waals surface area contributed by atoms with Crippen LogP contribution in [0.15, 0.2) is 12.1 Å². The SMILES string of the molecule is C[C@H]1C[C@H](N)c2cc(F)c(C(F)(F)F)cc2N1C(=O)O. The molecule has 0 bridgehead atoms. The van der Waals surface area contributed by atoms with Crippen LogP contribution in [0.4, 0.5) is 28.0 Å². The van der Waals surface area contributed by atoms with Crippen molar-refractivity contribution in [1.82, 2.24) is 0 Å². The number of halogens is 4. The summed E-state index contributed by atoms with van der Waals surface area (Å²) in [5.41, 5.74) is 4.12. The highest BCUT2D eigenvalue weighted by Gasteiger charge is 2.39. The lowest BCUT2D eigenvalue weighted by atomic mass is 9.91. The number of benzene rings is 1. The highest BCUT2D eigenvalue weighted by molar-refractivity contribution is 5.89. The van der Waals surface area contributed by atoms with Crippen LogP contribution in [0, 0.1) is 5.82 Å². The second-order valence-electron chi connectivity index (χ2n) is 4.73. The minimum Gasteiger partial charge on any atom is -0.465 e. The first kappa shape index (κ1) is 14.6. The van der Waals surface area contributed by atoms with Gasteiger partial charge in [-0.3, -0.25) is 4.90 Å². The molecule has 4 nitrogen and oxygen atoms in total. The van der Waals surface area contributed by atoms with Gasteiger partial charge in [-0.2, -0.15) is 13.2 Å². The van der Waals surface area contributed by atoms with E-state index >= 15 is 0 Å². The molecule has 1 aromatic rings. The normalized spacial score (nSPS) is 22.6. The minimum atomic E-state index is -4.89. The van der Waals surface area contributed by atoms with Gasteiger partial charge in [-0.25, -0.2) is 9.18 Å². The molecule has 0 saturated heterocycles. The van der Waals surface area contributed by atoms with Gasteiger partial charge in [-0.05, 0) is 31.0 Å². The van der Waals surface area contributed by atoms with Crippen molar-refractivity contribution < 1.29 is 27.5 Å². The van der Waals surface area contributed by atoms with E-state index < -0.39 is 35.7 Å². The standard InChI is InChI=1S/C12H12F4N2O2/c1-5-2-9(17)6-3-8(13)7(12(14,15)16)4-10(6)18(5)11(19)20/h3-5,9H,2,17H2,1H3,(H,19,20)/t5-,9-/m0/s1. The predicted octanol–water partition coefficient (Wildman–Crippen LogP) is 3.12. The van der Waals surface area contributed by atoms with Crippen molar-refractivity contribution in [2.24, 2.45) is 5.73 Å². The van der Waals surface area contributed by atoms with Gasteiger partial charge in [0.25, 0.3) is 0 Å². The Morgan fingerprint density at radius 3 is 2.55 bits per heavy atom. The van der Waals surface area contributed by atoms with Gasteiger partial charge in [0, 0.05) is 12.1 Å². The molecule has 110 valence electrons. The second kappa shape index (κ2) is 4.62. The Labute approximate surface area is 111 Å². The van der Waals surface area contributed by atoms with Crippen molar-refractivity contribution in [2.75, 3.05) is 4.90 Å². The summed E-state index contributed by atoms with van der Waals surface area (Å²) in [7, 11) is 0. The van der Waals surface area contributed by atoms with E-state index in [4.69, 9.17) is 10.8 Å². The summed E-state index contributed by atoms with van der Waals surface area (Å²) in [4.78, 5) is 12.0. The molecule has 3 N–H and O–H groups in total. The van der Waals surface area contributed by atoms with E-state index in [1.54, 1.807) is 0 Å². The summed E-state index contributed by atoms with van der Waals surface area (Å²) in [6.07, 6.45) is -6.08. The van der Waals surface area contributed by atoms with E-state index in [-0.39, 0.29) is 17.7 Å². The van der Waals surface area contributed by atoms with Crippen molar-refractivity contribution >= 4 is 11.8 Å². The quantitative estimate of drug-likeness (QED) is 0.722. The zero-order valence-corrected chi connectivity index (χ0v) is 10.4. The van der Waals surface area contributed by atoms with Gasteiger partial charge in [-0.1, -0.05) is 0 Å².